The Hall–Kier alpha value is -4.64. The Balaban J connectivity index is 1.49. The maximum atomic E-state index is 11.7. The minimum Gasteiger partial charge on any atom is -0.456 e. The van der Waals surface area contributed by atoms with Crippen molar-refractivity contribution in [3.8, 4) is 45.3 Å². The summed E-state index contributed by atoms with van der Waals surface area (Å²) < 4.78 is 16.6. The zero-order chi connectivity index (χ0) is 25.8. The lowest BCUT2D eigenvalue weighted by molar-refractivity contribution is -0.130. The highest BCUT2D eigenvalue weighted by atomic mass is 16.5. The van der Waals surface area contributed by atoms with Crippen LogP contribution in [-0.2, 0) is 9.59 Å². The van der Waals surface area contributed by atoms with Gasteiger partial charge in [0.25, 0.3) is 0 Å². The van der Waals surface area contributed by atoms with Gasteiger partial charge in [0.1, 0.15) is 23.0 Å². The van der Waals surface area contributed by atoms with Gasteiger partial charge in [0, 0.05) is 22.3 Å². The molecule has 0 aliphatic heterocycles. The number of furan rings is 1. The number of benzene rings is 3. The van der Waals surface area contributed by atoms with E-state index < -0.39 is 11.9 Å². The fourth-order valence-corrected chi connectivity index (χ4v) is 3.57. The zero-order valence-corrected chi connectivity index (χ0v) is 20.5. The molecule has 0 saturated carbocycles. The molecule has 0 aliphatic rings. The van der Waals surface area contributed by atoms with Crippen LogP contribution >= 0.6 is 0 Å². The van der Waals surface area contributed by atoms with Crippen molar-refractivity contribution in [3.05, 3.63) is 109 Å². The van der Waals surface area contributed by atoms with Crippen LogP contribution in [0.2, 0.25) is 0 Å². The molecule has 1 aromatic heterocycles. The van der Waals surface area contributed by atoms with Gasteiger partial charge in [0.05, 0.1) is 0 Å². The van der Waals surface area contributed by atoms with Crippen molar-refractivity contribution >= 4 is 11.9 Å². The lowest BCUT2D eigenvalue weighted by atomic mass is 9.98. The maximum Gasteiger partial charge on any atom is 0.338 e. The number of carbonyl (C=O) groups excluding carboxylic acids is 2. The highest BCUT2D eigenvalue weighted by Gasteiger charge is 2.12. The van der Waals surface area contributed by atoms with Crippen LogP contribution in [0.1, 0.15) is 19.4 Å². The van der Waals surface area contributed by atoms with Crippen LogP contribution in [0.3, 0.4) is 0 Å². The Labute approximate surface area is 210 Å². The first-order chi connectivity index (χ1) is 17.2. The van der Waals surface area contributed by atoms with E-state index in [2.05, 4.69) is 19.2 Å². The lowest BCUT2D eigenvalue weighted by Gasteiger charge is -2.09. The Morgan fingerprint density at radius 2 is 1.08 bits per heavy atom. The largest absolute Gasteiger partial charge is 0.456 e. The molecule has 0 aliphatic carbocycles. The second-order valence-corrected chi connectivity index (χ2v) is 8.58. The number of hydrogen-bond donors (Lipinski definition) is 0. The molecular weight excluding hydrogens is 452 g/mol. The van der Waals surface area contributed by atoms with Crippen LogP contribution in [0.15, 0.2) is 108 Å². The summed E-state index contributed by atoms with van der Waals surface area (Å²) in [5, 5.41) is 0. The van der Waals surface area contributed by atoms with E-state index in [4.69, 9.17) is 13.9 Å². The zero-order valence-electron chi connectivity index (χ0n) is 20.5. The first-order valence-corrected chi connectivity index (χ1v) is 11.4. The van der Waals surface area contributed by atoms with Gasteiger partial charge < -0.3 is 13.9 Å². The molecule has 0 atom stereocenters. The molecule has 4 rings (SSSR count). The van der Waals surface area contributed by atoms with Gasteiger partial charge in [-0.05, 0) is 92.1 Å². The molecule has 5 nitrogen and oxygen atoms in total. The van der Waals surface area contributed by atoms with E-state index in [9.17, 15) is 9.59 Å². The predicted molar refractivity (Wildman–Crippen MR) is 141 cm³/mol. The minimum atomic E-state index is -0.455. The fourth-order valence-electron chi connectivity index (χ4n) is 3.57. The smallest absolute Gasteiger partial charge is 0.338 e. The summed E-state index contributed by atoms with van der Waals surface area (Å²) >= 11 is 0. The Bertz CT molecular complexity index is 1450. The van der Waals surface area contributed by atoms with Gasteiger partial charge in [0.2, 0.25) is 0 Å². The van der Waals surface area contributed by atoms with E-state index in [1.807, 2.05) is 55.5 Å². The van der Waals surface area contributed by atoms with Crippen LogP contribution in [0.25, 0.3) is 33.8 Å². The third-order valence-corrected chi connectivity index (χ3v) is 5.54. The molecule has 3 aromatic carbocycles. The van der Waals surface area contributed by atoms with Gasteiger partial charge >= 0.3 is 11.9 Å². The van der Waals surface area contributed by atoms with Gasteiger partial charge in [-0.1, -0.05) is 37.4 Å². The molecule has 180 valence electrons. The molecule has 4 aromatic rings. The van der Waals surface area contributed by atoms with E-state index in [0.717, 1.165) is 33.6 Å². The second kappa shape index (κ2) is 10.3. The standard InChI is InChI=1S/C31H26O5/c1-19(2)30(32)34-25-11-6-22(7-12-25)27-15-10-24(18-21(27)5)29-17-16-28(36-29)23-8-13-26(14-9-23)35-31(33)20(3)4/h6-18H,1,3H2,2,4-5H3. The van der Waals surface area contributed by atoms with Crippen LogP contribution in [0, 0.1) is 6.92 Å². The Morgan fingerprint density at radius 1 is 0.639 bits per heavy atom. The lowest BCUT2D eigenvalue weighted by Crippen LogP contribution is -2.07. The molecule has 36 heavy (non-hydrogen) atoms. The first-order valence-electron chi connectivity index (χ1n) is 11.4. The van der Waals surface area contributed by atoms with Crippen LogP contribution in [0.5, 0.6) is 11.5 Å². The summed E-state index contributed by atoms with van der Waals surface area (Å²) in [5.74, 6) is 1.49. The minimum absolute atomic E-state index is 0.345. The van der Waals surface area contributed by atoms with Crippen molar-refractivity contribution in [2.75, 3.05) is 0 Å². The first kappa shape index (κ1) is 24.5. The Kier molecular flexibility index (Phi) is 7.02. The normalized spacial score (nSPS) is 10.5. The van der Waals surface area contributed by atoms with E-state index in [1.54, 1.807) is 38.1 Å². The van der Waals surface area contributed by atoms with E-state index in [1.165, 1.54) is 0 Å². The molecule has 0 spiro atoms. The average molecular weight is 479 g/mol. The van der Waals surface area contributed by atoms with Crippen LogP contribution in [0.4, 0.5) is 0 Å². The molecular formula is C31H26O5. The third kappa shape index (κ3) is 5.53. The van der Waals surface area contributed by atoms with Crippen LogP contribution in [-0.4, -0.2) is 11.9 Å². The molecule has 0 N–H and O–H groups in total. The summed E-state index contributed by atoms with van der Waals surface area (Å²) in [5.41, 5.74) is 5.70. The second-order valence-electron chi connectivity index (χ2n) is 8.58. The number of rotatable bonds is 7. The third-order valence-electron chi connectivity index (χ3n) is 5.54. The summed E-state index contributed by atoms with van der Waals surface area (Å²) in [6.07, 6.45) is 0. The monoisotopic (exact) mass is 478 g/mol. The SMILES string of the molecule is C=C(C)C(=O)Oc1ccc(-c2ccc(-c3ccc(-c4ccc(OC(=O)C(=C)C)cc4)c(C)c3)o2)cc1. The number of carbonyl (C=O) groups is 2. The van der Waals surface area contributed by atoms with Gasteiger partial charge in [-0.15, -0.1) is 0 Å². The highest BCUT2D eigenvalue weighted by molar-refractivity contribution is 5.89. The molecule has 0 saturated heterocycles. The van der Waals surface area contributed by atoms with E-state index in [-0.39, 0.29) is 0 Å². The molecule has 0 amide bonds. The van der Waals surface area contributed by atoms with Crippen molar-refractivity contribution < 1.29 is 23.5 Å². The summed E-state index contributed by atoms with van der Waals surface area (Å²) in [4.78, 5) is 23.4. The number of esters is 2. The van der Waals surface area contributed by atoms with E-state index >= 15 is 0 Å². The maximum absolute atomic E-state index is 11.7. The van der Waals surface area contributed by atoms with Crippen molar-refractivity contribution in [2.24, 2.45) is 0 Å². The number of aryl methyl sites for hydroxylation is 1. The van der Waals surface area contributed by atoms with Crippen molar-refractivity contribution in [1.29, 1.82) is 0 Å². The van der Waals surface area contributed by atoms with Gasteiger partial charge in [0.15, 0.2) is 0 Å². The molecule has 1 heterocycles. The predicted octanol–water partition coefficient (Wildman–Crippen LogP) is 7.55. The summed E-state index contributed by atoms with van der Waals surface area (Å²) in [6, 6.07) is 24.5. The fraction of sp³-hybridized carbons (Fsp3) is 0.0968. The molecule has 0 bridgehead atoms. The summed E-state index contributed by atoms with van der Waals surface area (Å²) in [7, 11) is 0. The highest BCUT2D eigenvalue weighted by Crippen LogP contribution is 2.33. The van der Waals surface area contributed by atoms with Crippen LogP contribution < -0.4 is 9.47 Å². The van der Waals surface area contributed by atoms with Crippen molar-refractivity contribution in [2.45, 2.75) is 20.8 Å². The molecule has 5 heteroatoms. The quantitative estimate of drug-likeness (QED) is 0.156. The van der Waals surface area contributed by atoms with Crippen molar-refractivity contribution in [3.63, 3.8) is 0 Å². The molecule has 0 radical (unpaired) electrons. The van der Waals surface area contributed by atoms with E-state index in [0.29, 0.717) is 28.4 Å². The van der Waals surface area contributed by atoms with Gasteiger partial charge in [-0.25, -0.2) is 9.59 Å². The van der Waals surface area contributed by atoms with Gasteiger partial charge in [-0.3, -0.25) is 0 Å². The molecule has 0 unspecified atom stereocenters. The topological polar surface area (TPSA) is 65.7 Å². The number of ether oxygens (including phenoxy) is 2. The van der Waals surface area contributed by atoms with Crippen molar-refractivity contribution in [1.82, 2.24) is 0 Å². The summed E-state index contributed by atoms with van der Waals surface area (Å²) in [6.45, 7) is 12.4. The number of hydrogen-bond acceptors (Lipinski definition) is 5. The van der Waals surface area contributed by atoms with Gasteiger partial charge in [-0.2, -0.15) is 0 Å². The Morgan fingerprint density at radius 3 is 1.56 bits per heavy atom. The average Bonchev–Trinajstić information content (AvgIpc) is 3.35. The molecule has 0 fully saturated rings.